The van der Waals surface area contributed by atoms with E-state index in [1.165, 1.54) is 12.1 Å². The third kappa shape index (κ3) is 5.78. The van der Waals surface area contributed by atoms with Crippen molar-refractivity contribution in [1.29, 1.82) is 0 Å². The minimum absolute atomic E-state index is 0.0338. The van der Waals surface area contributed by atoms with E-state index in [9.17, 15) is 8.78 Å². The normalized spacial score (nSPS) is 14.4. The van der Waals surface area contributed by atoms with Crippen LogP contribution in [0.4, 0.5) is 8.78 Å². The molecule has 182 valence electrons. The molecule has 0 unspecified atom stereocenters. The fourth-order valence-electron chi connectivity index (χ4n) is 4.76. The summed E-state index contributed by atoms with van der Waals surface area (Å²) in [7, 11) is 0. The van der Waals surface area contributed by atoms with Gasteiger partial charge in [-0.05, 0) is 82.8 Å². The molecular formula is C26H30Cl2F2N4. The Hall–Kier alpha value is -2.02. The van der Waals surface area contributed by atoms with E-state index in [1.54, 1.807) is 24.3 Å². The van der Waals surface area contributed by atoms with Gasteiger partial charge in [-0.3, -0.25) is 4.90 Å². The minimum atomic E-state index is -0.271. The van der Waals surface area contributed by atoms with Crippen LogP contribution in [0.1, 0.15) is 61.4 Å². The van der Waals surface area contributed by atoms with E-state index in [0.717, 1.165) is 63.4 Å². The highest BCUT2D eigenvalue weighted by Gasteiger charge is 2.24. The molecule has 0 aliphatic carbocycles. The molecule has 1 atom stereocenters. The summed E-state index contributed by atoms with van der Waals surface area (Å²) in [4.78, 5) is 2.33. The Kier molecular flexibility index (Phi) is 8.56. The third-order valence-corrected chi connectivity index (χ3v) is 7.39. The van der Waals surface area contributed by atoms with Crippen LogP contribution in [0, 0.1) is 11.6 Å². The van der Waals surface area contributed by atoms with Crippen molar-refractivity contribution in [3.63, 3.8) is 0 Å². The molecule has 8 heteroatoms. The maximum absolute atomic E-state index is 14.2. The summed E-state index contributed by atoms with van der Waals surface area (Å²) in [6, 6.07) is 9.62. The summed E-state index contributed by atoms with van der Waals surface area (Å²) in [5.74, 6) is 1.47. The molecule has 1 aromatic heterocycles. The number of aromatic nitrogens is 3. The molecule has 0 saturated heterocycles. The second-order valence-corrected chi connectivity index (χ2v) is 9.72. The van der Waals surface area contributed by atoms with Crippen molar-refractivity contribution in [2.45, 2.75) is 64.5 Å². The molecule has 34 heavy (non-hydrogen) atoms. The van der Waals surface area contributed by atoms with Crippen molar-refractivity contribution in [1.82, 2.24) is 19.7 Å². The first kappa shape index (κ1) is 25.1. The summed E-state index contributed by atoms with van der Waals surface area (Å²) in [6.45, 7) is 4.54. The van der Waals surface area contributed by atoms with Crippen molar-refractivity contribution >= 4 is 23.2 Å². The zero-order valence-electron chi connectivity index (χ0n) is 19.4. The molecular weight excluding hydrogens is 477 g/mol. The Morgan fingerprint density at radius 1 is 0.912 bits per heavy atom. The number of fused-ring (bicyclic) bond motifs is 1. The van der Waals surface area contributed by atoms with Crippen molar-refractivity contribution < 1.29 is 8.78 Å². The van der Waals surface area contributed by atoms with E-state index in [0.29, 0.717) is 34.0 Å². The topological polar surface area (TPSA) is 34.0 Å². The molecule has 0 saturated carbocycles. The van der Waals surface area contributed by atoms with E-state index in [4.69, 9.17) is 23.2 Å². The predicted molar refractivity (Wildman–Crippen MR) is 132 cm³/mol. The van der Waals surface area contributed by atoms with E-state index in [-0.39, 0.29) is 17.7 Å². The van der Waals surface area contributed by atoms with Crippen molar-refractivity contribution in [2.24, 2.45) is 0 Å². The molecule has 0 N–H and O–H groups in total. The minimum Gasteiger partial charge on any atom is -0.314 e. The second kappa shape index (κ2) is 11.6. The molecule has 0 amide bonds. The first-order chi connectivity index (χ1) is 16.5. The molecule has 2 aromatic carbocycles. The van der Waals surface area contributed by atoms with Gasteiger partial charge in [-0.2, -0.15) is 0 Å². The summed E-state index contributed by atoms with van der Waals surface area (Å²) >= 11 is 12.5. The lowest BCUT2D eigenvalue weighted by atomic mass is 10.1. The average Bonchev–Trinajstić information content (AvgIpc) is 3.25. The van der Waals surface area contributed by atoms with Crippen LogP contribution in [0.5, 0.6) is 0 Å². The SMILES string of the molecule is C[C@@H](c1nnc2n1CCCC2)N(CCCc1c(F)cccc1Cl)CCCc1c(F)cccc1Cl. The van der Waals surface area contributed by atoms with Gasteiger partial charge in [0.25, 0.3) is 0 Å². The van der Waals surface area contributed by atoms with Crippen LogP contribution in [-0.2, 0) is 25.8 Å². The maximum atomic E-state index is 14.2. The lowest BCUT2D eigenvalue weighted by Crippen LogP contribution is -2.32. The highest BCUT2D eigenvalue weighted by atomic mass is 35.5. The van der Waals surface area contributed by atoms with Gasteiger partial charge in [-0.25, -0.2) is 8.78 Å². The standard InChI is InChI=1S/C26H30Cl2F2N4/c1-18(26-32-31-25-14-2-3-17-34(25)26)33(15-6-8-19-21(27)10-4-12-23(19)29)16-7-9-20-22(28)11-5-13-24(20)30/h4-5,10-13,18H,2-3,6-9,14-17H2,1H3/t18-/m0/s1. The molecule has 0 bridgehead atoms. The second-order valence-electron chi connectivity index (χ2n) is 8.90. The smallest absolute Gasteiger partial charge is 0.150 e. The zero-order valence-corrected chi connectivity index (χ0v) is 20.9. The maximum Gasteiger partial charge on any atom is 0.150 e. The van der Waals surface area contributed by atoms with Crippen molar-refractivity contribution in [2.75, 3.05) is 13.1 Å². The first-order valence-electron chi connectivity index (χ1n) is 12.0. The number of aryl methyl sites for hydroxylation is 1. The Morgan fingerprint density at radius 3 is 2.06 bits per heavy atom. The Labute approximate surface area is 209 Å². The molecule has 2 heterocycles. The van der Waals surface area contributed by atoms with Crippen LogP contribution in [0.2, 0.25) is 10.0 Å². The predicted octanol–water partition coefficient (Wildman–Crippen LogP) is 6.83. The van der Waals surface area contributed by atoms with Crippen LogP contribution in [0.15, 0.2) is 36.4 Å². The van der Waals surface area contributed by atoms with Crippen LogP contribution in [-0.4, -0.2) is 32.8 Å². The van der Waals surface area contributed by atoms with Gasteiger partial charge in [-0.1, -0.05) is 35.3 Å². The monoisotopic (exact) mass is 506 g/mol. The number of rotatable bonds is 10. The number of nitrogens with zero attached hydrogens (tertiary/aromatic N) is 4. The Bertz CT molecular complexity index is 1020. The first-order valence-corrected chi connectivity index (χ1v) is 12.7. The molecule has 0 fully saturated rings. The molecule has 1 aliphatic rings. The van der Waals surface area contributed by atoms with E-state index >= 15 is 0 Å². The number of hydrogen-bond donors (Lipinski definition) is 0. The summed E-state index contributed by atoms with van der Waals surface area (Å²) in [5.41, 5.74) is 1.10. The molecule has 1 aliphatic heterocycles. The lowest BCUT2D eigenvalue weighted by molar-refractivity contribution is 0.192. The number of benzene rings is 2. The Morgan fingerprint density at radius 2 is 1.50 bits per heavy atom. The highest BCUT2D eigenvalue weighted by Crippen LogP contribution is 2.26. The van der Waals surface area contributed by atoms with E-state index in [1.807, 2.05) is 0 Å². The molecule has 3 aromatic rings. The van der Waals surface area contributed by atoms with Gasteiger partial charge in [0.2, 0.25) is 0 Å². The summed E-state index contributed by atoms with van der Waals surface area (Å²) in [5, 5.41) is 9.85. The van der Waals surface area contributed by atoms with E-state index in [2.05, 4.69) is 26.6 Å². The van der Waals surface area contributed by atoms with Gasteiger partial charge in [0, 0.05) is 34.1 Å². The zero-order chi connectivity index (χ0) is 24.1. The lowest BCUT2D eigenvalue weighted by Gasteiger charge is -2.30. The fraction of sp³-hybridized carbons (Fsp3) is 0.462. The number of halogens is 4. The quantitative estimate of drug-likeness (QED) is 0.302. The van der Waals surface area contributed by atoms with Crippen LogP contribution >= 0.6 is 23.2 Å². The largest absolute Gasteiger partial charge is 0.314 e. The third-order valence-electron chi connectivity index (χ3n) is 6.68. The summed E-state index contributed by atoms with van der Waals surface area (Å²) in [6.07, 6.45) is 5.80. The van der Waals surface area contributed by atoms with Gasteiger partial charge >= 0.3 is 0 Å². The van der Waals surface area contributed by atoms with Gasteiger partial charge in [0.1, 0.15) is 23.3 Å². The highest BCUT2D eigenvalue weighted by molar-refractivity contribution is 6.31. The molecule has 0 radical (unpaired) electrons. The van der Waals surface area contributed by atoms with E-state index < -0.39 is 0 Å². The van der Waals surface area contributed by atoms with Crippen molar-refractivity contribution in [3.8, 4) is 0 Å². The van der Waals surface area contributed by atoms with Gasteiger partial charge in [-0.15, -0.1) is 10.2 Å². The van der Waals surface area contributed by atoms with Crippen LogP contribution < -0.4 is 0 Å². The fourth-order valence-corrected chi connectivity index (χ4v) is 5.28. The van der Waals surface area contributed by atoms with Crippen LogP contribution in [0.25, 0.3) is 0 Å². The van der Waals surface area contributed by atoms with Gasteiger partial charge < -0.3 is 4.57 Å². The number of hydrogen-bond acceptors (Lipinski definition) is 3. The average molecular weight is 507 g/mol. The molecule has 0 spiro atoms. The molecule has 4 rings (SSSR count). The molecule has 4 nitrogen and oxygen atoms in total. The van der Waals surface area contributed by atoms with Crippen molar-refractivity contribution in [3.05, 3.63) is 80.9 Å². The van der Waals surface area contributed by atoms with Gasteiger partial charge in [0.05, 0.1) is 6.04 Å². The summed E-state index contributed by atoms with van der Waals surface area (Å²) < 4.78 is 30.7. The van der Waals surface area contributed by atoms with Gasteiger partial charge in [0.15, 0.2) is 0 Å². The van der Waals surface area contributed by atoms with Crippen LogP contribution in [0.3, 0.4) is 0 Å². The Balaban J connectivity index is 1.46.